The number of ether oxygens (including phenoxy) is 2. The second-order valence-electron chi connectivity index (χ2n) is 5.01. The van der Waals surface area contributed by atoms with Gasteiger partial charge in [-0.3, -0.25) is 10.1 Å². The largest absolute Gasteiger partial charge is 0.486 e. The van der Waals surface area contributed by atoms with E-state index in [4.69, 9.17) is 32.7 Å². The quantitative estimate of drug-likeness (QED) is 0.624. The van der Waals surface area contributed by atoms with E-state index in [0.717, 1.165) is 5.75 Å². The number of carbonyl (C=O) groups is 1. The van der Waals surface area contributed by atoms with Gasteiger partial charge in [-0.15, -0.1) is 10.2 Å². The molecule has 0 unspecified atom stereocenters. The van der Waals surface area contributed by atoms with Gasteiger partial charge in [-0.05, 0) is 30.3 Å². The Labute approximate surface area is 163 Å². The van der Waals surface area contributed by atoms with Gasteiger partial charge >= 0.3 is 0 Å². The van der Waals surface area contributed by atoms with Crippen LogP contribution in [-0.2, 0) is 11.4 Å². The molecule has 0 aliphatic heterocycles. The standard InChI is InChI=1S/C17H13Cl2N3O3S/c18-11-6-7-14(13(19)8-11)25-9-15(23)20-17-22-21-16(26-17)10-24-12-4-2-1-3-5-12/h1-8H,9-10H2,(H,20,22,23). The molecule has 0 aliphatic carbocycles. The molecule has 26 heavy (non-hydrogen) atoms. The lowest BCUT2D eigenvalue weighted by molar-refractivity contribution is -0.118. The van der Waals surface area contributed by atoms with E-state index in [2.05, 4.69) is 15.5 Å². The molecule has 3 rings (SSSR count). The third kappa shape index (κ3) is 5.32. The molecular formula is C17H13Cl2N3O3S. The summed E-state index contributed by atoms with van der Waals surface area (Å²) in [5, 5.41) is 12.3. The van der Waals surface area contributed by atoms with Crippen LogP contribution in [0.15, 0.2) is 48.5 Å². The first-order valence-electron chi connectivity index (χ1n) is 7.48. The van der Waals surface area contributed by atoms with Crippen molar-refractivity contribution < 1.29 is 14.3 Å². The minimum Gasteiger partial charge on any atom is -0.486 e. The highest BCUT2D eigenvalue weighted by Crippen LogP contribution is 2.27. The molecule has 2 aromatic carbocycles. The van der Waals surface area contributed by atoms with Gasteiger partial charge in [-0.1, -0.05) is 52.7 Å². The van der Waals surface area contributed by atoms with E-state index in [1.807, 2.05) is 30.3 Å². The van der Waals surface area contributed by atoms with Crippen LogP contribution in [0.4, 0.5) is 5.13 Å². The number of nitrogens with one attached hydrogen (secondary N) is 1. The maximum Gasteiger partial charge on any atom is 0.264 e. The van der Waals surface area contributed by atoms with E-state index in [0.29, 0.717) is 25.9 Å². The van der Waals surface area contributed by atoms with Gasteiger partial charge in [-0.25, -0.2) is 0 Å². The van der Waals surface area contributed by atoms with E-state index in [1.165, 1.54) is 11.3 Å². The van der Waals surface area contributed by atoms with E-state index >= 15 is 0 Å². The molecule has 0 radical (unpaired) electrons. The zero-order chi connectivity index (χ0) is 18.4. The fourth-order valence-electron chi connectivity index (χ4n) is 1.92. The second-order valence-corrected chi connectivity index (χ2v) is 6.92. The molecular weight excluding hydrogens is 397 g/mol. The molecule has 6 nitrogen and oxygen atoms in total. The fourth-order valence-corrected chi connectivity index (χ4v) is 3.05. The minimum absolute atomic E-state index is 0.212. The van der Waals surface area contributed by atoms with Crippen LogP contribution >= 0.6 is 34.5 Å². The summed E-state index contributed by atoms with van der Waals surface area (Å²) in [6, 6.07) is 14.1. The maximum absolute atomic E-state index is 12.0. The number of carbonyl (C=O) groups excluding carboxylic acids is 1. The molecule has 0 saturated carbocycles. The molecule has 0 saturated heterocycles. The molecule has 0 aliphatic rings. The predicted molar refractivity (Wildman–Crippen MR) is 101 cm³/mol. The summed E-state index contributed by atoms with van der Waals surface area (Å²) in [6.45, 7) is 0.0607. The van der Waals surface area contributed by atoms with Gasteiger partial charge < -0.3 is 9.47 Å². The van der Waals surface area contributed by atoms with Crippen LogP contribution in [0.3, 0.4) is 0 Å². The lowest BCUT2D eigenvalue weighted by atomic mass is 10.3. The number of aromatic nitrogens is 2. The Hall–Kier alpha value is -2.35. The van der Waals surface area contributed by atoms with Gasteiger partial charge in [0.2, 0.25) is 5.13 Å². The van der Waals surface area contributed by atoms with Crippen molar-refractivity contribution >= 4 is 45.6 Å². The van der Waals surface area contributed by atoms with Gasteiger partial charge in [0.15, 0.2) is 11.6 Å². The summed E-state index contributed by atoms with van der Waals surface area (Å²) in [4.78, 5) is 12.0. The Bertz CT molecular complexity index is 890. The average molecular weight is 410 g/mol. The molecule has 1 heterocycles. The smallest absolute Gasteiger partial charge is 0.264 e. The van der Waals surface area contributed by atoms with Crippen molar-refractivity contribution in [1.29, 1.82) is 0 Å². The third-order valence-electron chi connectivity index (χ3n) is 3.07. The minimum atomic E-state index is -0.373. The van der Waals surface area contributed by atoms with Gasteiger partial charge in [0.1, 0.15) is 18.1 Å². The molecule has 1 N–H and O–H groups in total. The highest BCUT2D eigenvalue weighted by Gasteiger charge is 2.11. The summed E-state index contributed by atoms with van der Waals surface area (Å²) in [7, 11) is 0. The third-order valence-corrected chi connectivity index (χ3v) is 4.41. The van der Waals surface area contributed by atoms with Crippen LogP contribution in [0.2, 0.25) is 10.0 Å². The monoisotopic (exact) mass is 409 g/mol. The summed E-state index contributed by atoms with van der Waals surface area (Å²) in [6.07, 6.45) is 0. The van der Waals surface area contributed by atoms with Crippen LogP contribution in [0.5, 0.6) is 11.5 Å². The van der Waals surface area contributed by atoms with Crippen LogP contribution in [0, 0.1) is 0 Å². The van der Waals surface area contributed by atoms with Gasteiger partial charge in [0, 0.05) is 5.02 Å². The zero-order valence-electron chi connectivity index (χ0n) is 13.3. The molecule has 1 aromatic heterocycles. The molecule has 0 atom stereocenters. The highest BCUT2D eigenvalue weighted by molar-refractivity contribution is 7.15. The highest BCUT2D eigenvalue weighted by atomic mass is 35.5. The number of anilines is 1. The number of benzene rings is 2. The van der Waals surface area contributed by atoms with Gasteiger partial charge in [-0.2, -0.15) is 0 Å². The van der Waals surface area contributed by atoms with Crippen LogP contribution in [-0.4, -0.2) is 22.7 Å². The summed E-state index contributed by atoms with van der Waals surface area (Å²) in [5.41, 5.74) is 0. The number of hydrogen-bond donors (Lipinski definition) is 1. The van der Waals surface area contributed by atoms with Crippen molar-refractivity contribution in [3.05, 3.63) is 63.6 Å². The Morgan fingerprint density at radius 2 is 1.88 bits per heavy atom. The first kappa shape index (κ1) is 18.4. The zero-order valence-corrected chi connectivity index (χ0v) is 15.6. The number of nitrogens with zero attached hydrogens (tertiary/aromatic N) is 2. The average Bonchev–Trinajstić information content (AvgIpc) is 3.07. The number of halogens is 2. The van der Waals surface area contributed by atoms with Crippen molar-refractivity contribution in [2.75, 3.05) is 11.9 Å². The van der Waals surface area contributed by atoms with Crippen molar-refractivity contribution in [2.45, 2.75) is 6.61 Å². The van der Waals surface area contributed by atoms with E-state index in [9.17, 15) is 4.79 Å². The summed E-state index contributed by atoms with van der Waals surface area (Å²) >= 11 is 13.0. The SMILES string of the molecule is O=C(COc1ccc(Cl)cc1Cl)Nc1nnc(COc2ccccc2)s1. The van der Waals surface area contributed by atoms with Crippen LogP contribution < -0.4 is 14.8 Å². The Morgan fingerprint density at radius 1 is 1.08 bits per heavy atom. The number of amides is 1. The fraction of sp³-hybridized carbons (Fsp3) is 0.118. The topological polar surface area (TPSA) is 73.3 Å². The van der Waals surface area contributed by atoms with Gasteiger partial charge in [0.05, 0.1) is 5.02 Å². The van der Waals surface area contributed by atoms with Gasteiger partial charge in [0.25, 0.3) is 5.91 Å². The number of rotatable bonds is 7. The van der Waals surface area contributed by atoms with Crippen molar-refractivity contribution in [3.8, 4) is 11.5 Å². The Morgan fingerprint density at radius 3 is 2.65 bits per heavy atom. The maximum atomic E-state index is 12.0. The summed E-state index contributed by atoms with van der Waals surface area (Å²) < 4.78 is 11.0. The van der Waals surface area contributed by atoms with E-state index in [1.54, 1.807) is 18.2 Å². The normalized spacial score (nSPS) is 10.4. The molecule has 0 bridgehead atoms. The van der Waals surface area contributed by atoms with Crippen molar-refractivity contribution in [3.63, 3.8) is 0 Å². The van der Waals surface area contributed by atoms with Crippen LogP contribution in [0.25, 0.3) is 0 Å². The predicted octanol–water partition coefficient (Wildman–Crippen LogP) is 4.44. The van der Waals surface area contributed by atoms with Crippen LogP contribution in [0.1, 0.15) is 5.01 Å². The number of para-hydroxylation sites is 1. The Balaban J connectivity index is 1.48. The number of hydrogen-bond acceptors (Lipinski definition) is 6. The first-order chi connectivity index (χ1) is 12.6. The first-order valence-corrected chi connectivity index (χ1v) is 9.05. The molecule has 134 valence electrons. The van der Waals surface area contributed by atoms with E-state index < -0.39 is 0 Å². The van der Waals surface area contributed by atoms with E-state index in [-0.39, 0.29) is 19.1 Å². The van der Waals surface area contributed by atoms with Crippen molar-refractivity contribution in [2.24, 2.45) is 0 Å². The molecule has 0 spiro atoms. The lowest BCUT2D eigenvalue weighted by Crippen LogP contribution is -2.20. The molecule has 0 fully saturated rings. The molecule has 9 heteroatoms. The second kappa shape index (κ2) is 8.84. The lowest BCUT2D eigenvalue weighted by Gasteiger charge is -2.07. The molecule has 3 aromatic rings. The Kier molecular flexibility index (Phi) is 6.27. The van der Waals surface area contributed by atoms with Crippen molar-refractivity contribution in [1.82, 2.24) is 10.2 Å². The molecule has 1 amide bonds. The summed E-state index contributed by atoms with van der Waals surface area (Å²) in [5.74, 6) is 0.740.